The topological polar surface area (TPSA) is 29.1 Å². The molecule has 1 amide bonds. The Kier molecular flexibility index (Phi) is 6.51. The summed E-state index contributed by atoms with van der Waals surface area (Å²) in [4.78, 5) is 11.2. The largest absolute Gasteiger partial charge is 0.441 e. The predicted molar refractivity (Wildman–Crippen MR) is 59.1 cm³/mol. The molecule has 1 N–H and O–H groups in total. The number of rotatable bonds is 5. The van der Waals surface area contributed by atoms with Crippen molar-refractivity contribution in [3.05, 3.63) is 0 Å². The van der Waals surface area contributed by atoms with Crippen LogP contribution in [0.5, 0.6) is 0 Å². The van der Waals surface area contributed by atoms with Crippen LogP contribution in [0.2, 0.25) is 0 Å². The highest BCUT2D eigenvalue weighted by molar-refractivity contribution is 8.00. The third-order valence-electron chi connectivity index (χ3n) is 1.57. The molecule has 1 unspecified atom stereocenters. The van der Waals surface area contributed by atoms with E-state index in [1.807, 2.05) is 13.8 Å². The molecule has 0 bridgehead atoms. The lowest BCUT2D eigenvalue weighted by atomic mass is 10.1. The van der Waals surface area contributed by atoms with Crippen LogP contribution >= 0.6 is 24.4 Å². The van der Waals surface area contributed by atoms with E-state index in [9.17, 15) is 18.0 Å². The molecule has 0 saturated heterocycles. The van der Waals surface area contributed by atoms with Gasteiger partial charge in [0.2, 0.25) is 5.91 Å². The maximum Gasteiger partial charge on any atom is 0.441 e. The van der Waals surface area contributed by atoms with Gasteiger partial charge in [-0.25, -0.2) is 0 Å². The standard InChI is InChI=1S/C8H14F3NOS2/c1-5(2)6(14)7(13)12-3-4-15-8(9,10)11/h5-6,14H,3-4H2,1-2H3,(H,12,13). The van der Waals surface area contributed by atoms with Gasteiger partial charge in [0.15, 0.2) is 0 Å². The van der Waals surface area contributed by atoms with Crippen LogP contribution in [-0.2, 0) is 4.79 Å². The predicted octanol–water partition coefficient (Wildman–Crippen LogP) is 2.31. The summed E-state index contributed by atoms with van der Waals surface area (Å²) in [6.07, 6.45) is 0. The molecule has 0 rings (SSSR count). The Bertz CT molecular complexity index is 209. The molecule has 15 heavy (non-hydrogen) atoms. The first kappa shape index (κ1) is 15.0. The summed E-state index contributed by atoms with van der Waals surface area (Å²) in [5, 5.41) is 1.93. The summed E-state index contributed by atoms with van der Waals surface area (Å²) in [6, 6.07) is 0. The summed E-state index contributed by atoms with van der Waals surface area (Å²) >= 11 is 3.89. The number of amides is 1. The Balaban J connectivity index is 3.65. The van der Waals surface area contributed by atoms with Gasteiger partial charge in [-0.05, 0) is 17.7 Å². The highest BCUT2D eigenvalue weighted by atomic mass is 32.2. The summed E-state index contributed by atoms with van der Waals surface area (Å²) in [5.74, 6) is -0.437. The number of hydrogen-bond donors (Lipinski definition) is 2. The SMILES string of the molecule is CC(C)C(S)C(=O)NCCSC(F)(F)F. The second kappa shape index (κ2) is 6.52. The van der Waals surface area contributed by atoms with Gasteiger partial charge in [0, 0.05) is 12.3 Å². The minimum absolute atomic E-state index is 0.00674. The molecule has 1 atom stereocenters. The smallest absolute Gasteiger partial charge is 0.354 e. The van der Waals surface area contributed by atoms with Gasteiger partial charge in [0.25, 0.3) is 0 Å². The lowest BCUT2D eigenvalue weighted by Crippen LogP contribution is -2.35. The summed E-state index contributed by atoms with van der Waals surface area (Å²) in [5.41, 5.74) is -4.23. The fourth-order valence-corrected chi connectivity index (χ4v) is 1.28. The van der Waals surface area contributed by atoms with Gasteiger partial charge in [-0.1, -0.05) is 13.8 Å². The van der Waals surface area contributed by atoms with Gasteiger partial charge in [0.05, 0.1) is 5.25 Å². The van der Waals surface area contributed by atoms with Gasteiger partial charge in [0.1, 0.15) is 0 Å². The van der Waals surface area contributed by atoms with Crippen molar-refractivity contribution in [1.29, 1.82) is 0 Å². The van der Waals surface area contributed by atoms with Gasteiger partial charge in [-0.3, -0.25) is 4.79 Å². The van der Waals surface area contributed by atoms with Crippen LogP contribution in [-0.4, -0.2) is 29.0 Å². The second-order valence-electron chi connectivity index (χ2n) is 3.27. The van der Waals surface area contributed by atoms with Crippen LogP contribution in [0.25, 0.3) is 0 Å². The molecule has 0 aliphatic rings. The Labute approximate surface area is 96.8 Å². The minimum atomic E-state index is -4.23. The van der Waals surface area contributed by atoms with Crippen LogP contribution < -0.4 is 5.32 Å². The van der Waals surface area contributed by atoms with Crippen molar-refractivity contribution in [2.45, 2.75) is 24.6 Å². The Morgan fingerprint density at radius 1 is 1.47 bits per heavy atom. The number of hydrogen-bond acceptors (Lipinski definition) is 3. The number of thioether (sulfide) groups is 1. The molecule has 0 aromatic rings. The van der Waals surface area contributed by atoms with E-state index in [1.165, 1.54) is 0 Å². The number of nitrogens with one attached hydrogen (secondary N) is 1. The van der Waals surface area contributed by atoms with E-state index in [1.54, 1.807) is 0 Å². The fraction of sp³-hybridized carbons (Fsp3) is 0.875. The molecule has 0 heterocycles. The van der Waals surface area contributed by atoms with E-state index in [0.717, 1.165) is 0 Å². The first-order chi connectivity index (χ1) is 6.74. The van der Waals surface area contributed by atoms with Crippen LogP contribution in [0.3, 0.4) is 0 Å². The highest BCUT2D eigenvalue weighted by Crippen LogP contribution is 2.29. The highest BCUT2D eigenvalue weighted by Gasteiger charge is 2.27. The monoisotopic (exact) mass is 261 g/mol. The van der Waals surface area contributed by atoms with Gasteiger partial charge < -0.3 is 5.32 Å². The molecular formula is C8H14F3NOS2. The van der Waals surface area contributed by atoms with Crippen molar-refractivity contribution in [2.24, 2.45) is 5.92 Å². The van der Waals surface area contributed by atoms with Crippen molar-refractivity contribution < 1.29 is 18.0 Å². The molecule has 0 fully saturated rings. The van der Waals surface area contributed by atoms with Crippen LogP contribution in [0.1, 0.15) is 13.8 Å². The lowest BCUT2D eigenvalue weighted by Gasteiger charge is -2.14. The third kappa shape index (κ3) is 7.84. The Morgan fingerprint density at radius 2 is 2.00 bits per heavy atom. The number of alkyl halides is 3. The number of carbonyl (C=O) groups is 1. The van der Waals surface area contributed by atoms with Gasteiger partial charge >= 0.3 is 5.51 Å². The fourth-order valence-electron chi connectivity index (χ4n) is 0.748. The van der Waals surface area contributed by atoms with Crippen LogP contribution in [0.15, 0.2) is 0 Å². The second-order valence-corrected chi connectivity index (χ2v) is 4.99. The summed E-state index contributed by atoms with van der Waals surface area (Å²) in [6.45, 7) is 3.65. The van der Waals surface area contributed by atoms with E-state index in [0.29, 0.717) is 0 Å². The molecule has 0 saturated carbocycles. The van der Waals surface area contributed by atoms with Crippen molar-refractivity contribution >= 4 is 30.3 Å². The molecule has 0 aromatic heterocycles. The van der Waals surface area contributed by atoms with Crippen molar-refractivity contribution in [3.8, 4) is 0 Å². The number of halogens is 3. The van der Waals surface area contributed by atoms with E-state index in [4.69, 9.17) is 0 Å². The van der Waals surface area contributed by atoms with E-state index >= 15 is 0 Å². The molecule has 0 spiro atoms. The van der Waals surface area contributed by atoms with Crippen LogP contribution in [0, 0.1) is 5.92 Å². The average Bonchev–Trinajstić information content (AvgIpc) is 2.09. The molecular weight excluding hydrogens is 247 g/mol. The first-order valence-corrected chi connectivity index (χ1v) is 5.90. The first-order valence-electron chi connectivity index (χ1n) is 4.40. The molecule has 90 valence electrons. The Morgan fingerprint density at radius 3 is 2.40 bits per heavy atom. The van der Waals surface area contributed by atoms with Gasteiger partial charge in [-0.15, -0.1) is 0 Å². The van der Waals surface area contributed by atoms with Crippen molar-refractivity contribution in [1.82, 2.24) is 5.32 Å². The molecule has 2 nitrogen and oxygen atoms in total. The molecule has 0 aromatic carbocycles. The normalized spacial score (nSPS) is 14.1. The van der Waals surface area contributed by atoms with E-state index < -0.39 is 10.8 Å². The number of carbonyl (C=O) groups excluding carboxylic acids is 1. The van der Waals surface area contributed by atoms with Crippen molar-refractivity contribution in [3.63, 3.8) is 0 Å². The molecule has 0 aliphatic carbocycles. The average molecular weight is 261 g/mol. The maximum absolute atomic E-state index is 11.7. The summed E-state index contributed by atoms with van der Waals surface area (Å²) in [7, 11) is 0. The molecule has 7 heteroatoms. The molecule has 0 aliphatic heterocycles. The van der Waals surface area contributed by atoms with Crippen molar-refractivity contribution in [2.75, 3.05) is 12.3 Å². The lowest BCUT2D eigenvalue weighted by molar-refractivity contribution is -0.121. The summed E-state index contributed by atoms with van der Waals surface area (Å²) < 4.78 is 35.1. The minimum Gasteiger partial charge on any atom is -0.354 e. The zero-order valence-corrected chi connectivity index (χ0v) is 10.2. The van der Waals surface area contributed by atoms with Gasteiger partial charge in [-0.2, -0.15) is 25.8 Å². The zero-order chi connectivity index (χ0) is 12.1. The quantitative estimate of drug-likeness (QED) is 0.587. The third-order valence-corrected chi connectivity index (χ3v) is 3.13. The number of thiol groups is 1. The van der Waals surface area contributed by atoms with Crippen LogP contribution in [0.4, 0.5) is 13.2 Å². The maximum atomic E-state index is 11.7. The Hall–Kier alpha value is -0.0400. The van der Waals surface area contributed by atoms with E-state index in [2.05, 4.69) is 17.9 Å². The van der Waals surface area contributed by atoms with E-state index in [-0.39, 0.29) is 35.9 Å². The molecule has 0 radical (unpaired) electrons. The zero-order valence-electron chi connectivity index (χ0n) is 8.47.